The highest BCUT2D eigenvalue weighted by molar-refractivity contribution is 7.92. The Hall–Kier alpha value is -3.43. The maximum Gasteiger partial charge on any atom is 0.261 e. The van der Waals surface area contributed by atoms with E-state index in [4.69, 9.17) is 4.74 Å². The average molecular weight is 472 g/mol. The van der Waals surface area contributed by atoms with Gasteiger partial charge in [0.2, 0.25) is 0 Å². The third-order valence-corrected chi connectivity index (χ3v) is 6.50. The Morgan fingerprint density at radius 1 is 0.970 bits per heavy atom. The SMILES string of the molecule is COc1ccc([C@@H](CNC(=O)c2ccc(S(=O)(=O)Nc3ccc(F)cc3)cc2)N(C)C)cc1. The van der Waals surface area contributed by atoms with Gasteiger partial charge in [-0.2, -0.15) is 0 Å². The van der Waals surface area contributed by atoms with Crippen LogP contribution in [0.25, 0.3) is 0 Å². The second kappa shape index (κ2) is 10.5. The second-order valence-electron chi connectivity index (χ2n) is 7.60. The predicted octanol–water partition coefficient (Wildman–Crippen LogP) is 3.67. The van der Waals surface area contributed by atoms with Crippen LogP contribution in [0.15, 0.2) is 77.7 Å². The lowest BCUT2D eigenvalue weighted by Crippen LogP contribution is -2.34. The number of ether oxygens (including phenoxy) is 1. The Morgan fingerprint density at radius 2 is 1.58 bits per heavy atom. The van der Waals surface area contributed by atoms with Crippen molar-refractivity contribution >= 4 is 21.6 Å². The van der Waals surface area contributed by atoms with E-state index in [1.54, 1.807) is 7.11 Å². The Morgan fingerprint density at radius 3 is 2.12 bits per heavy atom. The van der Waals surface area contributed by atoms with E-state index < -0.39 is 15.8 Å². The fourth-order valence-corrected chi connectivity index (χ4v) is 4.29. The van der Waals surface area contributed by atoms with Crippen molar-refractivity contribution in [3.63, 3.8) is 0 Å². The molecule has 0 aliphatic rings. The number of nitrogens with zero attached hydrogens (tertiary/aromatic N) is 1. The van der Waals surface area contributed by atoms with Crippen LogP contribution < -0.4 is 14.8 Å². The van der Waals surface area contributed by atoms with Gasteiger partial charge in [-0.3, -0.25) is 9.52 Å². The van der Waals surface area contributed by atoms with Gasteiger partial charge in [0.15, 0.2) is 0 Å². The van der Waals surface area contributed by atoms with E-state index in [1.165, 1.54) is 36.4 Å². The summed E-state index contributed by atoms with van der Waals surface area (Å²) in [7, 11) is 1.59. The summed E-state index contributed by atoms with van der Waals surface area (Å²) in [6.45, 7) is 0.365. The maximum absolute atomic E-state index is 13.0. The molecule has 7 nitrogen and oxygen atoms in total. The lowest BCUT2D eigenvalue weighted by atomic mass is 10.1. The number of rotatable bonds is 9. The van der Waals surface area contributed by atoms with Gasteiger partial charge >= 0.3 is 0 Å². The number of halogens is 1. The van der Waals surface area contributed by atoms with E-state index in [2.05, 4.69) is 10.0 Å². The fraction of sp³-hybridized carbons (Fsp3) is 0.208. The standard InChI is InChI=1S/C24H26FN3O4S/c1-28(2)23(17-4-12-21(32-3)13-5-17)16-26-24(29)18-6-14-22(15-7-18)33(30,31)27-20-10-8-19(25)9-11-20/h4-15,23,27H,16H2,1-3H3,(H,26,29)/t23-/m1/s1. The monoisotopic (exact) mass is 471 g/mol. The van der Waals surface area contributed by atoms with Gasteiger partial charge < -0.3 is 15.0 Å². The van der Waals surface area contributed by atoms with Crippen molar-refractivity contribution in [2.45, 2.75) is 10.9 Å². The zero-order valence-electron chi connectivity index (χ0n) is 18.6. The summed E-state index contributed by atoms with van der Waals surface area (Å²) in [5, 5.41) is 2.90. The van der Waals surface area contributed by atoms with Crippen LogP contribution in [0.4, 0.5) is 10.1 Å². The summed E-state index contributed by atoms with van der Waals surface area (Å²) in [5.41, 5.74) is 1.60. The van der Waals surface area contributed by atoms with Gasteiger partial charge in [0.05, 0.1) is 18.0 Å². The molecule has 0 saturated carbocycles. The molecular weight excluding hydrogens is 445 g/mol. The quantitative estimate of drug-likeness (QED) is 0.497. The molecule has 3 aromatic carbocycles. The molecule has 0 bridgehead atoms. The van der Waals surface area contributed by atoms with Crippen LogP contribution in [-0.4, -0.2) is 47.0 Å². The van der Waals surface area contributed by atoms with Crippen LogP contribution >= 0.6 is 0 Å². The van der Waals surface area contributed by atoms with Crippen LogP contribution in [0.2, 0.25) is 0 Å². The molecular formula is C24H26FN3O4S. The van der Waals surface area contributed by atoms with Crippen LogP contribution in [0.1, 0.15) is 22.0 Å². The van der Waals surface area contributed by atoms with Gasteiger partial charge in [0, 0.05) is 17.8 Å². The van der Waals surface area contributed by atoms with E-state index >= 15 is 0 Å². The van der Waals surface area contributed by atoms with Gasteiger partial charge in [-0.05, 0) is 80.3 Å². The summed E-state index contributed by atoms with van der Waals surface area (Å²) < 4.78 is 45.7. The molecule has 1 amide bonds. The summed E-state index contributed by atoms with van der Waals surface area (Å²) in [4.78, 5) is 14.6. The zero-order valence-corrected chi connectivity index (χ0v) is 19.4. The normalized spacial score (nSPS) is 12.3. The lowest BCUT2D eigenvalue weighted by Gasteiger charge is -2.25. The lowest BCUT2D eigenvalue weighted by molar-refractivity contribution is 0.0942. The van der Waals surface area contributed by atoms with Crippen molar-refractivity contribution in [3.8, 4) is 5.75 Å². The number of anilines is 1. The smallest absolute Gasteiger partial charge is 0.261 e. The highest BCUT2D eigenvalue weighted by Gasteiger charge is 2.18. The van der Waals surface area contributed by atoms with Gasteiger partial charge in [0.1, 0.15) is 11.6 Å². The van der Waals surface area contributed by atoms with Crippen LogP contribution in [0, 0.1) is 5.82 Å². The summed E-state index contributed by atoms with van der Waals surface area (Å²) >= 11 is 0. The molecule has 33 heavy (non-hydrogen) atoms. The Balaban J connectivity index is 1.65. The van der Waals surface area contributed by atoms with E-state index in [9.17, 15) is 17.6 Å². The van der Waals surface area contributed by atoms with Gasteiger partial charge in [-0.1, -0.05) is 12.1 Å². The largest absolute Gasteiger partial charge is 0.497 e. The molecule has 1 atom stereocenters. The minimum absolute atomic E-state index is 0.00669. The summed E-state index contributed by atoms with van der Waals surface area (Å²) in [5.74, 6) is -0.0214. The first-order chi connectivity index (χ1) is 15.7. The average Bonchev–Trinajstić information content (AvgIpc) is 2.80. The van der Waals surface area contributed by atoms with Crippen molar-refractivity contribution in [1.29, 1.82) is 0 Å². The number of methoxy groups -OCH3 is 1. The molecule has 0 fully saturated rings. The first kappa shape index (κ1) is 24.2. The number of carbonyl (C=O) groups is 1. The number of hydrogen-bond acceptors (Lipinski definition) is 5. The predicted molar refractivity (Wildman–Crippen MR) is 125 cm³/mol. The van der Waals surface area contributed by atoms with Crippen molar-refractivity contribution in [3.05, 3.63) is 89.7 Å². The molecule has 0 heterocycles. The first-order valence-corrected chi connectivity index (χ1v) is 11.6. The molecule has 9 heteroatoms. The molecule has 0 aromatic heterocycles. The van der Waals surface area contributed by atoms with Crippen LogP contribution in [-0.2, 0) is 10.0 Å². The van der Waals surface area contributed by atoms with E-state index in [0.717, 1.165) is 23.4 Å². The van der Waals surface area contributed by atoms with Crippen molar-refractivity contribution < 1.29 is 22.3 Å². The number of carbonyl (C=O) groups excluding carboxylic acids is 1. The van der Waals surface area contributed by atoms with E-state index in [0.29, 0.717) is 12.1 Å². The van der Waals surface area contributed by atoms with Crippen LogP contribution in [0.3, 0.4) is 0 Å². The molecule has 3 aromatic rings. The number of sulfonamides is 1. The Kier molecular flexibility index (Phi) is 7.67. The number of hydrogen-bond donors (Lipinski definition) is 2. The number of likely N-dealkylation sites (N-methyl/N-ethyl adjacent to an activating group) is 1. The molecule has 0 saturated heterocycles. The highest BCUT2D eigenvalue weighted by Crippen LogP contribution is 2.21. The molecule has 174 valence electrons. The van der Waals surface area contributed by atoms with E-state index in [-0.39, 0.29) is 22.5 Å². The number of nitrogens with one attached hydrogen (secondary N) is 2. The highest BCUT2D eigenvalue weighted by atomic mass is 32.2. The van der Waals surface area contributed by atoms with Crippen molar-refractivity contribution in [1.82, 2.24) is 10.2 Å². The van der Waals surface area contributed by atoms with Gasteiger partial charge in [-0.25, -0.2) is 12.8 Å². The molecule has 2 N–H and O–H groups in total. The summed E-state index contributed by atoms with van der Waals surface area (Å²) in [6, 6.07) is 18.2. The summed E-state index contributed by atoms with van der Waals surface area (Å²) in [6.07, 6.45) is 0. The second-order valence-corrected chi connectivity index (χ2v) is 9.28. The van der Waals surface area contributed by atoms with E-state index in [1.807, 2.05) is 43.3 Å². The number of amides is 1. The molecule has 0 unspecified atom stereocenters. The Bertz CT molecular complexity index is 1180. The third kappa shape index (κ3) is 6.30. The maximum atomic E-state index is 13.0. The molecule has 0 aliphatic carbocycles. The minimum Gasteiger partial charge on any atom is -0.497 e. The zero-order chi connectivity index (χ0) is 24.0. The number of benzene rings is 3. The van der Waals surface area contributed by atoms with Gasteiger partial charge in [-0.15, -0.1) is 0 Å². The van der Waals surface area contributed by atoms with Gasteiger partial charge in [0.25, 0.3) is 15.9 Å². The molecule has 0 aliphatic heterocycles. The van der Waals surface area contributed by atoms with Crippen molar-refractivity contribution in [2.75, 3.05) is 32.5 Å². The first-order valence-electron chi connectivity index (χ1n) is 10.2. The van der Waals surface area contributed by atoms with Crippen LogP contribution in [0.5, 0.6) is 5.75 Å². The third-order valence-electron chi connectivity index (χ3n) is 5.10. The molecule has 0 spiro atoms. The minimum atomic E-state index is -3.87. The Labute approximate surface area is 193 Å². The molecule has 3 rings (SSSR count). The molecule has 0 radical (unpaired) electrons. The van der Waals surface area contributed by atoms with Crippen molar-refractivity contribution in [2.24, 2.45) is 0 Å². The fourth-order valence-electron chi connectivity index (χ4n) is 3.23. The topological polar surface area (TPSA) is 87.7 Å².